The topological polar surface area (TPSA) is 134 Å². The lowest BCUT2D eigenvalue weighted by Crippen LogP contribution is -2.55. The van der Waals surface area contributed by atoms with Crippen molar-refractivity contribution in [1.82, 2.24) is 0 Å². The summed E-state index contributed by atoms with van der Waals surface area (Å²) in [6, 6.07) is 0. The molecule has 0 saturated carbocycles. The Labute approximate surface area is 113 Å². The van der Waals surface area contributed by atoms with Gasteiger partial charge in [-0.15, -0.1) is 0 Å². The normalized spacial score (nSPS) is 18.4. The van der Waals surface area contributed by atoms with E-state index in [1.165, 1.54) is 0 Å². The van der Waals surface area contributed by atoms with Gasteiger partial charge in [-0.05, 0) is 12.8 Å². The molecule has 0 aromatic carbocycles. The molecule has 7 nitrogen and oxygen atoms in total. The molecule has 110 valence electrons. The molecule has 7 N–H and O–H groups in total. The first-order chi connectivity index (χ1) is 8.81. The Balaban J connectivity index is 4.74. The molecule has 0 spiro atoms. The highest BCUT2D eigenvalue weighted by molar-refractivity contribution is 5.64. The van der Waals surface area contributed by atoms with Gasteiger partial charge in [0.15, 0.2) is 0 Å². The molecule has 0 bridgehead atoms. The zero-order chi connectivity index (χ0) is 14.9. The Morgan fingerprint density at radius 1 is 1.42 bits per heavy atom. The number of hydrogen-bond donors (Lipinski definition) is 4. The van der Waals surface area contributed by atoms with Crippen LogP contribution < -0.4 is 17.2 Å². The van der Waals surface area contributed by atoms with Gasteiger partial charge in [-0.2, -0.15) is 0 Å². The van der Waals surface area contributed by atoms with Crippen molar-refractivity contribution in [1.29, 1.82) is 0 Å². The molecule has 0 aromatic heterocycles. The summed E-state index contributed by atoms with van der Waals surface area (Å²) in [5.41, 5.74) is 15.1. The summed E-state index contributed by atoms with van der Waals surface area (Å²) in [6.45, 7) is 3.49. The second kappa shape index (κ2) is 8.65. The molecule has 0 aliphatic heterocycles. The number of nitrogens with two attached hydrogens (primary N) is 3. The first-order valence-corrected chi connectivity index (χ1v) is 5.87. The predicted octanol–water partition coefficient (Wildman–Crippen LogP) is -0.201. The number of carbonyl (C=O) groups excluding carboxylic acids is 1. The fraction of sp³-hybridized carbons (Fsp3) is 0.583. The van der Waals surface area contributed by atoms with Crippen LogP contribution in [0.25, 0.3) is 0 Å². The number of allylic oxidation sites excluding steroid dienone is 3. The number of primary amides is 1. The molecule has 7 heteroatoms. The van der Waals surface area contributed by atoms with Gasteiger partial charge in [-0.3, -0.25) is 5.73 Å². The second-order valence-electron chi connectivity index (χ2n) is 4.24. The van der Waals surface area contributed by atoms with E-state index in [1.807, 2.05) is 38.2 Å². The van der Waals surface area contributed by atoms with Crippen molar-refractivity contribution in [2.75, 3.05) is 13.2 Å². The van der Waals surface area contributed by atoms with Gasteiger partial charge < -0.3 is 26.0 Å². The van der Waals surface area contributed by atoms with E-state index in [9.17, 15) is 4.79 Å². The maximum atomic E-state index is 10.7. The van der Waals surface area contributed by atoms with E-state index in [1.54, 1.807) is 0 Å². The largest absolute Gasteiger partial charge is 0.448 e. The number of amides is 1. The van der Waals surface area contributed by atoms with Crippen molar-refractivity contribution in [2.24, 2.45) is 23.1 Å². The van der Waals surface area contributed by atoms with Crippen LogP contribution in [0.15, 0.2) is 24.3 Å². The van der Waals surface area contributed by atoms with E-state index >= 15 is 0 Å². The Morgan fingerprint density at radius 3 is 2.53 bits per heavy atom. The van der Waals surface area contributed by atoms with Gasteiger partial charge in [0, 0.05) is 0 Å². The molecule has 0 aromatic rings. The fourth-order valence-electron chi connectivity index (χ4n) is 1.28. The van der Waals surface area contributed by atoms with Crippen LogP contribution >= 0.6 is 0 Å². The van der Waals surface area contributed by atoms with E-state index in [2.05, 4.69) is 0 Å². The highest BCUT2D eigenvalue weighted by Crippen LogP contribution is 2.18. The second-order valence-corrected chi connectivity index (χ2v) is 4.24. The van der Waals surface area contributed by atoms with E-state index in [4.69, 9.17) is 31.8 Å². The summed E-state index contributed by atoms with van der Waals surface area (Å²) in [7, 11) is 0. The third-order valence-corrected chi connectivity index (χ3v) is 2.62. The smallest absolute Gasteiger partial charge is 0.404 e. The van der Waals surface area contributed by atoms with Crippen molar-refractivity contribution < 1.29 is 19.4 Å². The molecule has 0 heterocycles. The average molecular weight is 273 g/mol. The number of carbonyl (C=O) groups is 1. The third kappa shape index (κ3) is 7.58. The average Bonchev–Trinajstić information content (AvgIpc) is 2.34. The number of aliphatic hydroxyl groups is 1. The minimum absolute atomic E-state index is 0.0840. The minimum Gasteiger partial charge on any atom is -0.448 e. The van der Waals surface area contributed by atoms with E-state index in [-0.39, 0.29) is 19.1 Å². The van der Waals surface area contributed by atoms with Crippen molar-refractivity contribution in [3.8, 4) is 0 Å². The van der Waals surface area contributed by atoms with Crippen LogP contribution in [0, 0.1) is 5.92 Å². The molecule has 0 saturated heterocycles. The van der Waals surface area contributed by atoms with Crippen LogP contribution in [-0.2, 0) is 9.47 Å². The fourth-order valence-corrected chi connectivity index (χ4v) is 1.28. The summed E-state index contributed by atoms with van der Waals surface area (Å²) in [5.74, 6) is -0.193. The monoisotopic (exact) mass is 273 g/mol. The minimum atomic E-state index is -1.44. The van der Waals surface area contributed by atoms with Crippen molar-refractivity contribution in [2.45, 2.75) is 25.8 Å². The molecular weight excluding hydrogens is 250 g/mol. The van der Waals surface area contributed by atoms with Crippen LogP contribution in [0.4, 0.5) is 4.79 Å². The van der Waals surface area contributed by atoms with Crippen LogP contribution in [0.3, 0.4) is 0 Å². The molecule has 0 radical (unpaired) electrons. The highest BCUT2D eigenvalue weighted by Gasteiger charge is 2.33. The summed E-state index contributed by atoms with van der Waals surface area (Å²) >= 11 is 0. The number of hydrogen-bond acceptors (Lipinski definition) is 6. The lowest BCUT2D eigenvalue weighted by Gasteiger charge is -2.33. The highest BCUT2D eigenvalue weighted by atomic mass is 16.6. The molecule has 3 unspecified atom stereocenters. The van der Waals surface area contributed by atoms with Crippen LogP contribution in [0.1, 0.15) is 13.8 Å². The maximum Gasteiger partial charge on any atom is 0.404 e. The van der Waals surface area contributed by atoms with E-state index < -0.39 is 18.0 Å². The molecule has 0 aliphatic carbocycles. The molecule has 19 heavy (non-hydrogen) atoms. The van der Waals surface area contributed by atoms with Gasteiger partial charge in [-0.25, -0.2) is 4.79 Å². The SMILES string of the molecule is CC=CC=CC(C)C(N)(COC(N)=O)COC(N)O. The first kappa shape index (κ1) is 17.6. The summed E-state index contributed by atoms with van der Waals surface area (Å²) in [6.07, 6.45) is 4.98. The predicted molar refractivity (Wildman–Crippen MR) is 71.7 cm³/mol. The molecule has 0 rings (SSSR count). The van der Waals surface area contributed by atoms with Crippen LogP contribution in [0.2, 0.25) is 0 Å². The maximum absolute atomic E-state index is 10.7. The summed E-state index contributed by atoms with van der Waals surface area (Å²) in [5, 5.41) is 8.93. The Bertz CT molecular complexity index is 331. The lowest BCUT2D eigenvalue weighted by molar-refractivity contribution is -0.116. The Hall–Kier alpha value is -1.41. The standard InChI is InChI=1S/C12H23N3O4/c1-3-4-5-6-9(2)12(15,7-18-10(13)16)8-19-11(14)17/h3-6,9-10,16H,7-8,13,15H2,1-2H3,(H2,14,17). The number of ether oxygens (including phenoxy) is 2. The van der Waals surface area contributed by atoms with Gasteiger partial charge in [0.1, 0.15) is 6.61 Å². The van der Waals surface area contributed by atoms with Crippen molar-refractivity contribution in [3.05, 3.63) is 24.3 Å². The Morgan fingerprint density at radius 2 is 2.05 bits per heavy atom. The van der Waals surface area contributed by atoms with E-state index in [0.717, 1.165) is 0 Å². The summed E-state index contributed by atoms with van der Waals surface area (Å²) in [4.78, 5) is 10.7. The zero-order valence-electron chi connectivity index (χ0n) is 11.3. The van der Waals surface area contributed by atoms with E-state index in [0.29, 0.717) is 0 Å². The van der Waals surface area contributed by atoms with Gasteiger partial charge in [-0.1, -0.05) is 31.2 Å². The molecule has 3 atom stereocenters. The van der Waals surface area contributed by atoms with Crippen molar-refractivity contribution in [3.63, 3.8) is 0 Å². The van der Waals surface area contributed by atoms with Gasteiger partial charge in [0.25, 0.3) is 0 Å². The first-order valence-electron chi connectivity index (χ1n) is 5.87. The Kier molecular flexibility index (Phi) is 8.01. The molecular formula is C12H23N3O4. The molecule has 0 fully saturated rings. The third-order valence-electron chi connectivity index (χ3n) is 2.62. The van der Waals surface area contributed by atoms with Crippen molar-refractivity contribution >= 4 is 6.09 Å². The van der Waals surface area contributed by atoms with Crippen LogP contribution in [0.5, 0.6) is 0 Å². The zero-order valence-corrected chi connectivity index (χ0v) is 11.3. The summed E-state index contributed by atoms with van der Waals surface area (Å²) < 4.78 is 9.62. The van der Waals surface area contributed by atoms with Crippen LogP contribution in [-0.4, -0.2) is 36.4 Å². The molecule has 0 aliphatic rings. The lowest BCUT2D eigenvalue weighted by atomic mass is 9.87. The molecule has 1 amide bonds. The number of aliphatic hydroxyl groups excluding tert-OH is 1. The van der Waals surface area contributed by atoms with Gasteiger partial charge >= 0.3 is 6.09 Å². The quantitative estimate of drug-likeness (QED) is 0.357. The number of rotatable bonds is 8. The van der Waals surface area contributed by atoms with Gasteiger partial charge in [0.05, 0.1) is 12.1 Å². The van der Waals surface area contributed by atoms with Gasteiger partial charge in [0.2, 0.25) is 6.41 Å².